The van der Waals surface area contributed by atoms with Gasteiger partial charge in [-0.15, -0.1) is 21.5 Å². The molecule has 1 N–H and O–H groups in total. The van der Waals surface area contributed by atoms with Gasteiger partial charge in [-0.05, 0) is 62.4 Å². The van der Waals surface area contributed by atoms with Gasteiger partial charge in [-0.3, -0.25) is 4.79 Å². The number of methoxy groups -OCH3 is 1. The number of anilines is 1. The molecular formula is C21H24N4O2S2. The third-order valence-electron chi connectivity index (χ3n) is 5.04. The van der Waals surface area contributed by atoms with E-state index in [1.807, 2.05) is 35.6 Å². The number of amides is 1. The van der Waals surface area contributed by atoms with E-state index >= 15 is 0 Å². The summed E-state index contributed by atoms with van der Waals surface area (Å²) in [6.07, 6.45) is 4.81. The Kier molecular flexibility index (Phi) is 6.20. The highest BCUT2D eigenvalue weighted by molar-refractivity contribution is 7.99. The van der Waals surface area contributed by atoms with Crippen molar-refractivity contribution in [1.29, 1.82) is 0 Å². The van der Waals surface area contributed by atoms with Crippen LogP contribution in [0.5, 0.6) is 5.75 Å². The maximum absolute atomic E-state index is 12.3. The zero-order chi connectivity index (χ0) is 20.2. The number of carbonyl (C=O) groups is 1. The van der Waals surface area contributed by atoms with E-state index in [0.29, 0.717) is 0 Å². The molecule has 1 aliphatic rings. The molecule has 0 aliphatic heterocycles. The number of aryl methyl sites for hydroxylation is 1. The smallest absolute Gasteiger partial charge is 0.234 e. The Labute approximate surface area is 178 Å². The average Bonchev–Trinajstić information content (AvgIpc) is 3.36. The van der Waals surface area contributed by atoms with Crippen LogP contribution in [0.1, 0.15) is 30.2 Å². The Morgan fingerprint density at radius 1 is 1.24 bits per heavy atom. The molecule has 4 rings (SSSR count). The van der Waals surface area contributed by atoms with Gasteiger partial charge >= 0.3 is 0 Å². The third-order valence-corrected chi connectivity index (χ3v) is 7.10. The number of hydrogen-bond acceptors (Lipinski definition) is 6. The first-order chi connectivity index (χ1) is 14.2. The van der Waals surface area contributed by atoms with Crippen LogP contribution in [0.25, 0.3) is 11.4 Å². The number of fused-ring (bicyclic) bond motifs is 1. The largest absolute Gasteiger partial charge is 0.497 e. The van der Waals surface area contributed by atoms with Crippen LogP contribution in [0.4, 0.5) is 5.69 Å². The molecule has 0 unspecified atom stereocenters. The van der Waals surface area contributed by atoms with Crippen molar-refractivity contribution in [2.75, 3.05) is 18.2 Å². The van der Waals surface area contributed by atoms with E-state index < -0.39 is 0 Å². The molecule has 8 heteroatoms. The normalized spacial score (nSPS) is 13.2. The lowest BCUT2D eigenvalue weighted by molar-refractivity contribution is -0.113. The highest BCUT2D eigenvalue weighted by Crippen LogP contribution is 2.36. The van der Waals surface area contributed by atoms with Gasteiger partial charge in [0.25, 0.3) is 0 Å². The number of nitrogens with zero attached hydrogens (tertiary/aromatic N) is 3. The molecule has 152 valence electrons. The first-order valence-corrected chi connectivity index (χ1v) is 11.7. The molecule has 0 radical (unpaired) electrons. The van der Waals surface area contributed by atoms with Crippen LogP contribution >= 0.6 is 23.1 Å². The van der Waals surface area contributed by atoms with Crippen molar-refractivity contribution in [3.05, 3.63) is 40.1 Å². The van der Waals surface area contributed by atoms with E-state index in [2.05, 4.69) is 32.4 Å². The van der Waals surface area contributed by atoms with Gasteiger partial charge < -0.3 is 14.6 Å². The predicted molar refractivity (Wildman–Crippen MR) is 118 cm³/mol. The lowest BCUT2D eigenvalue weighted by Gasteiger charge is -2.13. The number of nitrogens with one attached hydrogen (secondary N) is 1. The van der Waals surface area contributed by atoms with Gasteiger partial charge in [0, 0.05) is 28.1 Å². The van der Waals surface area contributed by atoms with Crippen molar-refractivity contribution in [3.8, 4) is 17.1 Å². The molecule has 3 aromatic rings. The summed E-state index contributed by atoms with van der Waals surface area (Å²) in [5, 5.41) is 14.8. The average molecular weight is 429 g/mol. The molecule has 29 heavy (non-hydrogen) atoms. The molecule has 2 heterocycles. The minimum atomic E-state index is -0.0692. The molecule has 6 nitrogen and oxygen atoms in total. The van der Waals surface area contributed by atoms with E-state index in [4.69, 9.17) is 4.74 Å². The van der Waals surface area contributed by atoms with E-state index in [1.54, 1.807) is 7.11 Å². The van der Waals surface area contributed by atoms with Crippen LogP contribution in [0, 0.1) is 0 Å². The minimum absolute atomic E-state index is 0.0692. The molecule has 0 saturated carbocycles. The van der Waals surface area contributed by atoms with Crippen molar-refractivity contribution in [2.45, 2.75) is 44.3 Å². The van der Waals surface area contributed by atoms with Crippen LogP contribution in [0.3, 0.4) is 0 Å². The van der Waals surface area contributed by atoms with E-state index in [-0.39, 0.29) is 11.7 Å². The number of thiophene rings is 1. The standard InChI is InChI=1S/C21H24N4O2S2/c1-3-25-20(17-12-28-18-7-5-4-6-16(17)18)23-24-21(25)29-13-19(26)22-14-8-10-15(27-2)11-9-14/h8-12H,3-7,13H2,1-2H3,(H,22,26). The molecule has 0 bridgehead atoms. The van der Waals surface area contributed by atoms with E-state index in [9.17, 15) is 4.79 Å². The first kappa shape index (κ1) is 20.0. The lowest BCUT2D eigenvalue weighted by Crippen LogP contribution is -2.14. The molecule has 0 fully saturated rings. The van der Waals surface area contributed by atoms with Crippen LogP contribution in [-0.2, 0) is 24.2 Å². The predicted octanol–water partition coefficient (Wildman–Crippen LogP) is 4.64. The van der Waals surface area contributed by atoms with Gasteiger partial charge in [-0.2, -0.15) is 0 Å². The van der Waals surface area contributed by atoms with Gasteiger partial charge in [0.2, 0.25) is 5.91 Å². The summed E-state index contributed by atoms with van der Waals surface area (Å²) in [6.45, 7) is 2.86. The second kappa shape index (κ2) is 9.00. The summed E-state index contributed by atoms with van der Waals surface area (Å²) in [7, 11) is 1.62. The summed E-state index contributed by atoms with van der Waals surface area (Å²) in [6, 6.07) is 7.30. The fourth-order valence-electron chi connectivity index (χ4n) is 3.56. The molecule has 1 aromatic carbocycles. The Morgan fingerprint density at radius 3 is 2.79 bits per heavy atom. The Bertz CT molecular complexity index is 995. The van der Waals surface area contributed by atoms with Crippen molar-refractivity contribution in [2.24, 2.45) is 0 Å². The number of ether oxygens (including phenoxy) is 1. The van der Waals surface area contributed by atoms with E-state index in [0.717, 1.165) is 35.4 Å². The Hall–Kier alpha value is -2.32. The molecule has 0 atom stereocenters. The first-order valence-electron chi connectivity index (χ1n) is 9.79. The number of aromatic nitrogens is 3. The molecule has 1 aliphatic carbocycles. The SMILES string of the molecule is CCn1c(SCC(=O)Nc2ccc(OC)cc2)nnc1-c1csc2c1CCCC2. The fourth-order valence-corrected chi connectivity index (χ4v) is 5.49. The number of carbonyl (C=O) groups excluding carboxylic acids is 1. The molecule has 0 spiro atoms. The summed E-state index contributed by atoms with van der Waals surface area (Å²) < 4.78 is 7.25. The summed E-state index contributed by atoms with van der Waals surface area (Å²) in [4.78, 5) is 13.8. The Morgan fingerprint density at radius 2 is 2.03 bits per heavy atom. The van der Waals surface area contributed by atoms with Gasteiger partial charge in [0.05, 0.1) is 12.9 Å². The van der Waals surface area contributed by atoms with Gasteiger partial charge in [-0.25, -0.2) is 0 Å². The zero-order valence-corrected chi connectivity index (χ0v) is 18.2. The second-order valence-corrected chi connectivity index (χ2v) is 8.78. The fraction of sp³-hybridized carbons (Fsp3) is 0.381. The van der Waals surface area contributed by atoms with Crippen molar-refractivity contribution in [3.63, 3.8) is 0 Å². The maximum Gasteiger partial charge on any atom is 0.234 e. The molecule has 1 amide bonds. The van der Waals surface area contributed by atoms with Gasteiger partial charge in [0.15, 0.2) is 11.0 Å². The lowest BCUT2D eigenvalue weighted by atomic mass is 9.96. The topological polar surface area (TPSA) is 69.0 Å². The Balaban J connectivity index is 1.44. The number of rotatable bonds is 7. The number of benzene rings is 1. The zero-order valence-electron chi connectivity index (χ0n) is 16.6. The molecule has 2 aromatic heterocycles. The summed E-state index contributed by atoms with van der Waals surface area (Å²) >= 11 is 3.25. The third kappa shape index (κ3) is 4.33. The van der Waals surface area contributed by atoms with Crippen LogP contribution < -0.4 is 10.1 Å². The van der Waals surface area contributed by atoms with Gasteiger partial charge in [-0.1, -0.05) is 11.8 Å². The second-order valence-electron chi connectivity index (χ2n) is 6.87. The monoisotopic (exact) mass is 428 g/mol. The number of hydrogen-bond donors (Lipinski definition) is 1. The van der Waals surface area contributed by atoms with Crippen molar-refractivity contribution < 1.29 is 9.53 Å². The molecular weight excluding hydrogens is 404 g/mol. The van der Waals surface area contributed by atoms with Crippen LogP contribution in [-0.4, -0.2) is 33.5 Å². The van der Waals surface area contributed by atoms with Gasteiger partial charge in [0.1, 0.15) is 5.75 Å². The molecule has 0 saturated heterocycles. The number of thioether (sulfide) groups is 1. The van der Waals surface area contributed by atoms with Crippen LogP contribution in [0.15, 0.2) is 34.8 Å². The minimum Gasteiger partial charge on any atom is -0.497 e. The summed E-state index contributed by atoms with van der Waals surface area (Å²) in [5.74, 6) is 1.90. The van der Waals surface area contributed by atoms with Crippen molar-refractivity contribution >= 4 is 34.7 Å². The van der Waals surface area contributed by atoms with Crippen LogP contribution in [0.2, 0.25) is 0 Å². The highest BCUT2D eigenvalue weighted by Gasteiger charge is 2.22. The highest BCUT2D eigenvalue weighted by atomic mass is 32.2. The van der Waals surface area contributed by atoms with Crippen molar-refractivity contribution in [1.82, 2.24) is 14.8 Å². The maximum atomic E-state index is 12.3. The summed E-state index contributed by atoms with van der Waals surface area (Å²) in [5.41, 5.74) is 3.41. The quantitative estimate of drug-likeness (QED) is 0.555. The van der Waals surface area contributed by atoms with E-state index in [1.165, 1.54) is 47.0 Å².